The van der Waals surface area contributed by atoms with Crippen LogP contribution in [0.5, 0.6) is 0 Å². The molecule has 0 atom stereocenters. The van der Waals surface area contributed by atoms with Crippen molar-refractivity contribution >= 4 is 0 Å². The molecule has 0 aliphatic carbocycles. The Bertz CT molecular complexity index is 107. The molecule has 0 saturated carbocycles. The lowest BCUT2D eigenvalue weighted by atomic mass is 10.4. The second kappa shape index (κ2) is 16.1. The molecule has 0 amide bonds. The Morgan fingerprint density at radius 3 is 1.73 bits per heavy atom. The molecule has 0 aliphatic heterocycles. The molecule has 0 rings (SSSR count). The molecule has 0 spiro atoms. The van der Waals surface area contributed by atoms with Gasteiger partial charge in [-0.1, -0.05) is 50.8 Å². The number of hydrogen-bond acceptors (Lipinski definition) is 0. The van der Waals surface area contributed by atoms with Crippen molar-refractivity contribution in [2.24, 2.45) is 0 Å². The van der Waals surface area contributed by atoms with Gasteiger partial charge < -0.3 is 0 Å². The van der Waals surface area contributed by atoms with Gasteiger partial charge in [0.15, 0.2) is 0 Å². The first kappa shape index (κ1) is 12.9. The van der Waals surface area contributed by atoms with E-state index in [1.807, 2.05) is 13.0 Å². The van der Waals surface area contributed by atoms with E-state index in [9.17, 15) is 0 Å². The molecular weight excluding hydrogens is 132 g/mol. The van der Waals surface area contributed by atoms with Crippen molar-refractivity contribution in [1.29, 1.82) is 0 Å². The standard InChI is InChI=1S/C6H10.C5H10/c1-3-5-6-4-2;1-3-5-4-2/h3,5-6H,1,4H2,2H3;3,5H,4H2,1-2H3. The first-order chi connectivity index (χ1) is 5.33. The van der Waals surface area contributed by atoms with Gasteiger partial charge in [-0.3, -0.25) is 0 Å². The summed E-state index contributed by atoms with van der Waals surface area (Å²) in [5, 5.41) is 0. The zero-order valence-electron chi connectivity index (χ0n) is 8.01. The van der Waals surface area contributed by atoms with Gasteiger partial charge in [0.2, 0.25) is 0 Å². The van der Waals surface area contributed by atoms with E-state index in [1.165, 1.54) is 0 Å². The SMILES string of the molecule is C=CC=CCC.CC=CCC. The van der Waals surface area contributed by atoms with Crippen LogP contribution >= 0.6 is 0 Å². The molecule has 0 bridgehead atoms. The predicted molar refractivity (Wildman–Crippen MR) is 54.7 cm³/mol. The van der Waals surface area contributed by atoms with E-state index in [0.29, 0.717) is 0 Å². The molecule has 11 heavy (non-hydrogen) atoms. The van der Waals surface area contributed by atoms with E-state index in [4.69, 9.17) is 0 Å². The fourth-order valence-electron chi connectivity index (χ4n) is 0.468. The highest BCUT2D eigenvalue weighted by Gasteiger charge is 1.55. The van der Waals surface area contributed by atoms with Crippen molar-refractivity contribution in [2.75, 3.05) is 0 Å². The van der Waals surface area contributed by atoms with Crippen LogP contribution in [0.1, 0.15) is 33.6 Å². The molecular formula is C11H20. The van der Waals surface area contributed by atoms with Crippen LogP contribution in [0, 0.1) is 0 Å². The lowest BCUT2D eigenvalue weighted by Crippen LogP contribution is -1.46. The highest BCUT2D eigenvalue weighted by Crippen LogP contribution is 1.76. The summed E-state index contributed by atoms with van der Waals surface area (Å²) in [6, 6.07) is 0. The third kappa shape index (κ3) is 27.0. The van der Waals surface area contributed by atoms with Crippen molar-refractivity contribution in [2.45, 2.75) is 33.6 Å². The Hall–Kier alpha value is -0.780. The molecule has 0 fully saturated rings. The molecule has 0 radical (unpaired) electrons. The van der Waals surface area contributed by atoms with Gasteiger partial charge in [-0.25, -0.2) is 0 Å². The molecule has 0 heteroatoms. The second-order valence-corrected chi connectivity index (χ2v) is 2.05. The molecule has 0 nitrogen and oxygen atoms in total. The fraction of sp³-hybridized carbons (Fsp3) is 0.455. The van der Waals surface area contributed by atoms with E-state index in [0.717, 1.165) is 12.8 Å². The van der Waals surface area contributed by atoms with Crippen LogP contribution in [0.25, 0.3) is 0 Å². The van der Waals surface area contributed by atoms with Crippen molar-refractivity contribution in [1.82, 2.24) is 0 Å². The van der Waals surface area contributed by atoms with Crippen molar-refractivity contribution in [3.63, 3.8) is 0 Å². The summed E-state index contributed by atoms with van der Waals surface area (Å²) in [6.45, 7) is 9.76. The van der Waals surface area contributed by atoms with Gasteiger partial charge in [0.05, 0.1) is 0 Å². The first-order valence-electron chi connectivity index (χ1n) is 4.22. The molecule has 0 unspecified atom stereocenters. The smallest absolute Gasteiger partial charge is 0.0376 e. The van der Waals surface area contributed by atoms with Crippen LogP contribution in [0.4, 0.5) is 0 Å². The summed E-state index contributed by atoms with van der Waals surface area (Å²) in [4.78, 5) is 0. The third-order valence-corrected chi connectivity index (χ3v) is 0.979. The van der Waals surface area contributed by atoms with E-state index in [-0.39, 0.29) is 0 Å². The van der Waals surface area contributed by atoms with Gasteiger partial charge in [-0.15, -0.1) is 0 Å². The van der Waals surface area contributed by atoms with Crippen LogP contribution in [0.3, 0.4) is 0 Å². The highest BCUT2D eigenvalue weighted by atomic mass is 13.6. The fourth-order valence-corrected chi connectivity index (χ4v) is 0.468. The topological polar surface area (TPSA) is 0 Å². The van der Waals surface area contributed by atoms with Gasteiger partial charge in [-0.2, -0.15) is 0 Å². The van der Waals surface area contributed by atoms with Gasteiger partial charge in [0, 0.05) is 0 Å². The highest BCUT2D eigenvalue weighted by molar-refractivity contribution is 4.96. The third-order valence-electron chi connectivity index (χ3n) is 0.979. The summed E-state index contributed by atoms with van der Waals surface area (Å²) in [6.07, 6.45) is 12.2. The Labute approximate surface area is 71.3 Å². The van der Waals surface area contributed by atoms with Crippen LogP contribution < -0.4 is 0 Å². The molecule has 64 valence electrons. The molecule has 0 heterocycles. The maximum atomic E-state index is 3.51. The lowest BCUT2D eigenvalue weighted by Gasteiger charge is -1.67. The van der Waals surface area contributed by atoms with Crippen LogP contribution in [0.15, 0.2) is 37.0 Å². The Kier molecular flexibility index (Phi) is 18.8. The van der Waals surface area contributed by atoms with E-state index in [1.54, 1.807) is 6.08 Å². The Morgan fingerprint density at radius 2 is 1.64 bits per heavy atom. The summed E-state index contributed by atoms with van der Waals surface area (Å²) >= 11 is 0. The maximum Gasteiger partial charge on any atom is -0.0376 e. The van der Waals surface area contributed by atoms with Gasteiger partial charge in [0.1, 0.15) is 0 Å². The summed E-state index contributed by atoms with van der Waals surface area (Å²) in [5.74, 6) is 0. The predicted octanol–water partition coefficient (Wildman–Crippen LogP) is 4.11. The minimum Gasteiger partial charge on any atom is -0.0991 e. The number of rotatable bonds is 3. The number of allylic oxidation sites excluding steroid dienone is 5. The second-order valence-electron chi connectivity index (χ2n) is 2.05. The van der Waals surface area contributed by atoms with E-state index < -0.39 is 0 Å². The van der Waals surface area contributed by atoms with E-state index >= 15 is 0 Å². The van der Waals surface area contributed by atoms with Crippen molar-refractivity contribution < 1.29 is 0 Å². The quantitative estimate of drug-likeness (QED) is 0.421. The van der Waals surface area contributed by atoms with E-state index in [2.05, 4.69) is 38.7 Å². The van der Waals surface area contributed by atoms with Gasteiger partial charge in [-0.05, 0) is 19.8 Å². The largest absolute Gasteiger partial charge is 0.0991 e. The zero-order valence-corrected chi connectivity index (χ0v) is 8.01. The van der Waals surface area contributed by atoms with Gasteiger partial charge in [0.25, 0.3) is 0 Å². The number of hydrogen-bond donors (Lipinski definition) is 0. The summed E-state index contributed by atoms with van der Waals surface area (Å²) < 4.78 is 0. The maximum absolute atomic E-state index is 3.51. The summed E-state index contributed by atoms with van der Waals surface area (Å²) in [5.41, 5.74) is 0. The van der Waals surface area contributed by atoms with Crippen LogP contribution in [-0.2, 0) is 0 Å². The molecule has 0 aromatic rings. The minimum atomic E-state index is 1.10. The Balaban J connectivity index is 0. The molecule has 0 aromatic heterocycles. The average Bonchev–Trinajstić information content (AvgIpc) is 2.04. The zero-order chi connectivity index (χ0) is 8.95. The molecule has 0 saturated heterocycles. The van der Waals surface area contributed by atoms with Crippen LogP contribution in [0.2, 0.25) is 0 Å². The molecule has 0 aromatic carbocycles. The normalized spacial score (nSPS) is 9.73. The minimum absolute atomic E-state index is 1.10. The molecule has 0 aliphatic rings. The lowest BCUT2D eigenvalue weighted by molar-refractivity contribution is 1.22. The monoisotopic (exact) mass is 152 g/mol. The van der Waals surface area contributed by atoms with Crippen LogP contribution in [-0.4, -0.2) is 0 Å². The first-order valence-corrected chi connectivity index (χ1v) is 4.22. The average molecular weight is 152 g/mol. The van der Waals surface area contributed by atoms with Crippen molar-refractivity contribution in [3.05, 3.63) is 37.0 Å². The summed E-state index contributed by atoms with van der Waals surface area (Å²) in [7, 11) is 0. The van der Waals surface area contributed by atoms with Crippen molar-refractivity contribution in [3.8, 4) is 0 Å². The Morgan fingerprint density at radius 1 is 1.09 bits per heavy atom. The van der Waals surface area contributed by atoms with Gasteiger partial charge >= 0.3 is 0 Å². The molecule has 0 N–H and O–H groups in total.